The fourth-order valence-corrected chi connectivity index (χ4v) is 3.26. The maximum absolute atomic E-state index is 14.1. The number of hydrogen-bond acceptors (Lipinski definition) is 4. The molecular weight excluding hydrogens is 425 g/mol. The van der Waals surface area contributed by atoms with E-state index in [1.165, 1.54) is 35.0 Å². The molecule has 0 aliphatic carbocycles. The average Bonchev–Trinajstić information content (AvgIpc) is 2.71. The van der Waals surface area contributed by atoms with Crippen LogP contribution in [-0.2, 0) is 22.6 Å². The summed E-state index contributed by atoms with van der Waals surface area (Å²) in [5.41, 5.74) is 0.659. The molecule has 0 amide bonds. The molecule has 1 aromatic heterocycles. The smallest absolute Gasteiger partial charge is 0.376 e. The lowest BCUT2D eigenvalue weighted by atomic mass is 10.0. The van der Waals surface area contributed by atoms with Gasteiger partial charge in [-0.3, -0.25) is 9.59 Å². The zero-order chi connectivity index (χ0) is 22.5. The number of ketones is 1. The molecule has 2 N–H and O–H groups in total. The number of benzene rings is 2. The highest BCUT2D eigenvalue weighted by molar-refractivity contribution is 6.38. The molecule has 2 aromatic carbocycles. The molecule has 0 saturated carbocycles. The van der Waals surface area contributed by atoms with Gasteiger partial charge in [0, 0.05) is 22.9 Å². The Kier molecular flexibility index (Phi) is 6.67. The monoisotopic (exact) mass is 441 g/mol. The van der Waals surface area contributed by atoms with Crippen molar-refractivity contribution in [1.82, 2.24) is 4.57 Å². The molecule has 158 valence electrons. The topological polar surface area (TPSA) is 96.6 Å². The molecule has 3 aromatic rings. The summed E-state index contributed by atoms with van der Waals surface area (Å²) >= 11 is 6.02. The van der Waals surface area contributed by atoms with Gasteiger partial charge in [-0.15, -0.1) is 0 Å². The number of hydrogen-bond donors (Lipinski definition) is 2. The molecule has 6 nitrogen and oxygen atoms in total. The summed E-state index contributed by atoms with van der Waals surface area (Å²) < 4.78 is 15.3. The molecule has 0 saturated heterocycles. The third-order valence-corrected chi connectivity index (χ3v) is 4.73. The van der Waals surface area contributed by atoms with Gasteiger partial charge in [0.2, 0.25) is 0 Å². The first kappa shape index (κ1) is 22.0. The fourth-order valence-electron chi connectivity index (χ4n) is 3.05. The lowest BCUT2D eigenvalue weighted by molar-refractivity contribution is -0.146. The highest BCUT2D eigenvalue weighted by Gasteiger charge is 2.16. The van der Waals surface area contributed by atoms with Crippen LogP contribution >= 0.6 is 11.6 Å². The van der Waals surface area contributed by atoms with Gasteiger partial charge in [-0.2, -0.15) is 0 Å². The van der Waals surface area contributed by atoms with Crippen LogP contribution in [0, 0.1) is 5.82 Å². The minimum Gasteiger partial charge on any atom is -0.507 e. The molecule has 1 heterocycles. The molecule has 0 aliphatic heterocycles. The Hall–Kier alpha value is -3.71. The maximum atomic E-state index is 14.1. The number of pyridine rings is 1. The Labute approximate surface area is 181 Å². The van der Waals surface area contributed by atoms with Crippen LogP contribution < -0.4 is 5.56 Å². The number of carboxylic acids is 1. The normalized spacial score (nSPS) is 11.4. The van der Waals surface area contributed by atoms with Gasteiger partial charge in [-0.1, -0.05) is 41.9 Å². The fraction of sp³-hybridized carbons (Fsp3) is 0.0870. The Morgan fingerprint density at radius 2 is 1.77 bits per heavy atom. The van der Waals surface area contributed by atoms with E-state index in [9.17, 15) is 23.9 Å². The molecule has 0 aliphatic rings. The number of nitrogens with zero attached hydrogens (tertiary/aromatic N) is 1. The van der Waals surface area contributed by atoms with Gasteiger partial charge in [0.15, 0.2) is 0 Å². The van der Waals surface area contributed by atoms with Crippen molar-refractivity contribution < 1.29 is 24.2 Å². The van der Waals surface area contributed by atoms with Crippen LogP contribution in [0.4, 0.5) is 4.39 Å². The Bertz CT molecular complexity index is 1250. The number of halogens is 2. The second-order valence-electron chi connectivity index (χ2n) is 6.79. The van der Waals surface area contributed by atoms with Gasteiger partial charge in [0.25, 0.3) is 11.3 Å². The zero-order valence-electron chi connectivity index (χ0n) is 16.1. The van der Waals surface area contributed by atoms with Gasteiger partial charge in [0.05, 0.1) is 12.1 Å². The summed E-state index contributed by atoms with van der Waals surface area (Å²) in [7, 11) is 0. The van der Waals surface area contributed by atoms with E-state index in [-0.39, 0.29) is 17.7 Å². The predicted molar refractivity (Wildman–Crippen MR) is 114 cm³/mol. The van der Waals surface area contributed by atoms with E-state index >= 15 is 0 Å². The van der Waals surface area contributed by atoms with E-state index in [1.54, 1.807) is 24.3 Å². The Morgan fingerprint density at radius 3 is 2.45 bits per heavy atom. The van der Waals surface area contributed by atoms with Crippen molar-refractivity contribution >= 4 is 29.1 Å². The predicted octanol–water partition coefficient (Wildman–Crippen LogP) is 3.83. The largest absolute Gasteiger partial charge is 0.507 e. The van der Waals surface area contributed by atoms with Crippen LogP contribution in [0.25, 0.3) is 5.76 Å². The minimum atomic E-state index is -1.77. The zero-order valence-corrected chi connectivity index (χ0v) is 16.8. The number of aliphatic hydroxyl groups excluding tert-OH is 1. The maximum Gasteiger partial charge on any atom is 0.376 e. The lowest BCUT2D eigenvalue weighted by Crippen LogP contribution is -2.25. The van der Waals surface area contributed by atoms with Gasteiger partial charge in [-0.05, 0) is 41.8 Å². The van der Waals surface area contributed by atoms with Crippen LogP contribution in [0.2, 0.25) is 5.02 Å². The molecule has 0 radical (unpaired) electrons. The first-order valence-corrected chi connectivity index (χ1v) is 9.52. The molecule has 31 heavy (non-hydrogen) atoms. The highest BCUT2D eigenvalue weighted by Crippen LogP contribution is 2.18. The molecule has 0 bridgehead atoms. The molecular formula is C23H17ClFNO5. The lowest BCUT2D eigenvalue weighted by Gasteiger charge is -2.13. The first-order chi connectivity index (χ1) is 14.7. The average molecular weight is 442 g/mol. The van der Waals surface area contributed by atoms with E-state index < -0.39 is 28.9 Å². The molecule has 0 atom stereocenters. The second kappa shape index (κ2) is 9.40. The standard InChI is InChI=1S/C23H17ClFNO5/c24-17-6-3-4-14(9-17)8-15-10-18(20(27)11-21(28)23(30)31)22(29)26(12-15)13-16-5-1-2-7-19(16)25/h1-7,9-12,27H,8,13H2,(H,30,31)/b20-11-. The number of aliphatic hydroxyl groups is 1. The van der Waals surface area contributed by atoms with Gasteiger partial charge in [-0.25, -0.2) is 9.18 Å². The number of aliphatic carboxylic acids is 1. The molecule has 0 fully saturated rings. The minimum absolute atomic E-state index is 0.123. The van der Waals surface area contributed by atoms with Crippen LogP contribution in [0.15, 0.2) is 71.7 Å². The number of aromatic nitrogens is 1. The van der Waals surface area contributed by atoms with Crippen molar-refractivity contribution in [2.45, 2.75) is 13.0 Å². The van der Waals surface area contributed by atoms with Crippen LogP contribution in [0.5, 0.6) is 0 Å². The molecule has 0 spiro atoms. The summed E-state index contributed by atoms with van der Waals surface area (Å²) in [6.45, 7) is -0.123. The Morgan fingerprint density at radius 1 is 1.03 bits per heavy atom. The summed E-state index contributed by atoms with van der Waals surface area (Å²) in [6.07, 6.45) is 2.31. The first-order valence-electron chi connectivity index (χ1n) is 9.14. The van der Waals surface area contributed by atoms with Crippen molar-refractivity contribution in [3.05, 3.63) is 110 Å². The van der Waals surface area contributed by atoms with Crippen molar-refractivity contribution in [2.24, 2.45) is 0 Å². The summed E-state index contributed by atoms with van der Waals surface area (Å²) in [5, 5.41) is 19.5. The van der Waals surface area contributed by atoms with Crippen LogP contribution in [0.3, 0.4) is 0 Å². The van der Waals surface area contributed by atoms with E-state index in [1.807, 2.05) is 6.07 Å². The van der Waals surface area contributed by atoms with Gasteiger partial charge >= 0.3 is 5.97 Å². The van der Waals surface area contributed by atoms with E-state index in [0.717, 1.165) is 5.56 Å². The number of carbonyl (C=O) groups excluding carboxylic acids is 1. The van der Waals surface area contributed by atoms with Crippen molar-refractivity contribution in [3.63, 3.8) is 0 Å². The number of rotatable bonds is 7. The molecule has 8 heteroatoms. The Balaban J connectivity index is 2.10. The van der Waals surface area contributed by atoms with Gasteiger partial charge in [0.1, 0.15) is 11.6 Å². The molecule has 3 rings (SSSR count). The SMILES string of the molecule is O=C(O)C(=O)/C=C(\O)c1cc(Cc2cccc(Cl)c2)cn(Cc2ccccc2F)c1=O. The van der Waals surface area contributed by atoms with Crippen molar-refractivity contribution in [1.29, 1.82) is 0 Å². The summed E-state index contributed by atoms with van der Waals surface area (Å²) in [6, 6.07) is 14.3. The third-order valence-electron chi connectivity index (χ3n) is 4.49. The van der Waals surface area contributed by atoms with Crippen molar-refractivity contribution in [3.8, 4) is 0 Å². The van der Waals surface area contributed by atoms with Crippen LogP contribution in [0.1, 0.15) is 22.3 Å². The second-order valence-corrected chi connectivity index (χ2v) is 7.23. The molecule has 0 unspecified atom stereocenters. The van der Waals surface area contributed by atoms with E-state index in [2.05, 4.69) is 0 Å². The quantitative estimate of drug-likeness (QED) is 0.330. The van der Waals surface area contributed by atoms with E-state index in [4.69, 9.17) is 16.7 Å². The van der Waals surface area contributed by atoms with E-state index in [0.29, 0.717) is 23.1 Å². The van der Waals surface area contributed by atoms with Gasteiger partial charge < -0.3 is 14.8 Å². The third kappa shape index (κ3) is 5.46. The highest BCUT2D eigenvalue weighted by atomic mass is 35.5. The number of carboxylic acid groups (broad SMARTS) is 1. The van der Waals surface area contributed by atoms with Crippen molar-refractivity contribution in [2.75, 3.05) is 0 Å². The summed E-state index contributed by atoms with van der Waals surface area (Å²) in [4.78, 5) is 35.2. The summed E-state index contributed by atoms with van der Waals surface area (Å²) in [5.74, 6) is -4.43. The van der Waals surface area contributed by atoms with Crippen LogP contribution in [-0.4, -0.2) is 26.5 Å². The number of carbonyl (C=O) groups is 2.